The predicted molar refractivity (Wildman–Crippen MR) is 73.4 cm³/mol. The zero-order chi connectivity index (χ0) is 14.9. The number of nitrogens with zero attached hydrogens (tertiary/aromatic N) is 2. The highest BCUT2D eigenvalue weighted by atomic mass is 35.5. The average molecular weight is 317 g/mol. The molecule has 106 valence electrons. The van der Waals surface area contributed by atoms with E-state index >= 15 is 0 Å². The fraction of sp³-hybridized carbons (Fsp3) is 0.0909. The fourth-order valence-corrected chi connectivity index (χ4v) is 2.70. The zero-order valence-electron chi connectivity index (χ0n) is 10.3. The maximum Gasteiger partial charge on any atom is 0.266 e. The largest absolute Gasteiger partial charge is 0.398 e. The lowest BCUT2D eigenvalue weighted by atomic mass is 10.2. The minimum absolute atomic E-state index is 0.0570. The van der Waals surface area contributed by atoms with E-state index in [9.17, 15) is 12.8 Å². The van der Waals surface area contributed by atoms with E-state index in [-0.39, 0.29) is 16.7 Å². The van der Waals surface area contributed by atoms with Crippen molar-refractivity contribution in [2.24, 2.45) is 0 Å². The van der Waals surface area contributed by atoms with Crippen LogP contribution in [0.2, 0.25) is 5.15 Å². The van der Waals surface area contributed by atoms with E-state index in [1.165, 1.54) is 6.07 Å². The summed E-state index contributed by atoms with van der Waals surface area (Å²) in [6, 6.07) is 3.31. The summed E-state index contributed by atoms with van der Waals surface area (Å²) in [5.74, 6) is -0.965. The number of halogens is 2. The maximum absolute atomic E-state index is 13.8. The summed E-state index contributed by atoms with van der Waals surface area (Å²) >= 11 is 5.62. The van der Waals surface area contributed by atoms with Gasteiger partial charge in [-0.1, -0.05) is 11.6 Å². The summed E-state index contributed by atoms with van der Waals surface area (Å²) in [5.41, 5.74) is 6.22. The standard InChI is InChI=1S/C11H10ClFN4O2S/c1-6-2-7(13)9(3-8(6)14)20(18,19)17-11-4-10(12)15-5-16-11/h2-5H,14H2,1H3,(H,15,16,17). The van der Waals surface area contributed by atoms with Crippen molar-refractivity contribution >= 4 is 33.1 Å². The van der Waals surface area contributed by atoms with E-state index in [0.717, 1.165) is 18.5 Å². The minimum atomic E-state index is -4.15. The van der Waals surface area contributed by atoms with Crippen LogP contribution in [0.4, 0.5) is 15.9 Å². The van der Waals surface area contributed by atoms with E-state index in [4.69, 9.17) is 17.3 Å². The Labute approximate surface area is 119 Å². The molecule has 0 spiro atoms. The third-order valence-corrected chi connectivity index (χ3v) is 4.06. The summed E-state index contributed by atoms with van der Waals surface area (Å²) in [7, 11) is -4.15. The van der Waals surface area contributed by atoms with Crippen LogP contribution in [0.25, 0.3) is 0 Å². The Morgan fingerprint density at radius 2 is 2.00 bits per heavy atom. The first-order chi connectivity index (χ1) is 9.29. The quantitative estimate of drug-likeness (QED) is 0.666. The number of hydrogen-bond acceptors (Lipinski definition) is 5. The Balaban J connectivity index is 2.43. The second-order valence-corrected chi connectivity index (χ2v) is 6.01. The van der Waals surface area contributed by atoms with Crippen molar-refractivity contribution in [2.75, 3.05) is 10.5 Å². The number of nitrogen functional groups attached to an aromatic ring is 1. The Hall–Kier alpha value is -1.93. The van der Waals surface area contributed by atoms with Gasteiger partial charge in [-0.05, 0) is 24.6 Å². The minimum Gasteiger partial charge on any atom is -0.398 e. The molecule has 0 atom stereocenters. The van der Waals surface area contributed by atoms with Crippen LogP contribution in [0.1, 0.15) is 5.56 Å². The van der Waals surface area contributed by atoms with E-state index in [1.807, 2.05) is 0 Å². The number of anilines is 2. The molecule has 0 saturated heterocycles. The van der Waals surface area contributed by atoms with Gasteiger partial charge in [0.05, 0.1) is 0 Å². The van der Waals surface area contributed by atoms with Gasteiger partial charge in [0.25, 0.3) is 10.0 Å². The lowest BCUT2D eigenvalue weighted by molar-refractivity contribution is 0.570. The molecule has 2 aromatic rings. The van der Waals surface area contributed by atoms with Gasteiger partial charge in [-0.15, -0.1) is 0 Å². The molecule has 1 heterocycles. The highest BCUT2D eigenvalue weighted by molar-refractivity contribution is 7.92. The topological polar surface area (TPSA) is 98.0 Å². The predicted octanol–water partition coefficient (Wildman–Crippen LogP) is 1.96. The molecule has 9 heteroatoms. The molecule has 1 aromatic carbocycles. The van der Waals surface area contributed by atoms with Gasteiger partial charge in [-0.25, -0.2) is 22.8 Å². The van der Waals surface area contributed by atoms with Crippen LogP contribution in [0.5, 0.6) is 0 Å². The molecule has 0 aliphatic rings. The first-order valence-corrected chi connectivity index (χ1v) is 7.22. The Morgan fingerprint density at radius 3 is 2.65 bits per heavy atom. The third-order valence-electron chi connectivity index (χ3n) is 2.48. The van der Waals surface area contributed by atoms with Crippen LogP contribution in [0.3, 0.4) is 0 Å². The summed E-state index contributed by atoms with van der Waals surface area (Å²) < 4.78 is 40.1. The first kappa shape index (κ1) is 14.5. The molecule has 0 radical (unpaired) electrons. The molecular weight excluding hydrogens is 307 g/mol. The number of aryl methyl sites for hydroxylation is 1. The lowest BCUT2D eigenvalue weighted by Crippen LogP contribution is -2.16. The summed E-state index contributed by atoms with van der Waals surface area (Å²) in [6.45, 7) is 1.58. The first-order valence-electron chi connectivity index (χ1n) is 5.35. The van der Waals surface area contributed by atoms with Crippen molar-refractivity contribution in [3.05, 3.63) is 41.1 Å². The van der Waals surface area contributed by atoms with Crippen LogP contribution in [0, 0.1) is 12.7 Å². The maximum atomic E-state index is 13.8. The summed E-state index contributed by atoms with van der Waals surface area (Å²) in [6.07, 6.45) is 1.08. The molecule has 0 saturated carbocycles. The van der Waals surface area contributed by atoms with Crippen LogP contribution in [-0.4, -0.2) is 18.4 Å². The molecule has 1 aromatic heterocycles. The van der Waals surface area contributed by atoms with Gasteiger partial charge in [-0.2, -0.15) is 0 Å². The van der Waals surface area contributed by atoms with Crippen molar-refractivity contribution in [3.8, 4) is 0 Å². The molecule has 0 aliphatic carbocycles. The molecule has 0 bridgehead atoms. The van der Waals surface area contributed by atoms with Crippen LogP contribution in [0.15, 0.2) is 29.4 Å². The highest BCUT2D eigenvalue weighted by Crippen LogP contribution is 2.23. The molecule has 0 amide bonds. The van der Waals surface area contributed by atoms with Gasteiger partial charge in [0.15, 0.2) is 0 Å². The van der Waals surface area contributed by atoms with Crippen molar-refractivity contribution < 1.29 is 12.8 Å². The summed E-state index contributed by atoms with van der Waals surface area (Å²) in [5, 5.41) is 0.0570. The highest BCUT2D eigenvalue weighted by Gasteiger charge is 2.21. The van der Waals surface area contributed by atoms with Crippen molar-refractivity contribution in [2.45, 2.75) is 11.8 Å². The van der Waals surface area contributed by atoms with Crippen molar-refractivity contribution in [1.82, 2.24) is 9.97 Å². The molecule has 3 N–H and O–H groups in total. The number of sulfonamides is 1. The monoisotopic (exact) mass is 316 g/mol. The van der Waals surface area contributed by atoms with Crippen LogP contribution in [-0.2, 0) is 10.0 Å². The Bertz CT molecular complexity index is 767. The van der Waals surface area contributed by atoms with E-state index in [1.54, 1.807) is 6.92 Å². The van der Waals surface area contributed by atoms with Gasteiger partial charge < -0.3 is 5.73 Å². The average Bonchev–Trinajstić information content (AvgIpc) is 2.33. The van der Waals surface area contributed by atoms with Gasteiger partial charge in [0, 0.05) is 11.8 Å². The van der Waals surface area contributed by atoms with Gasteiger partial charge in [0.2, 0.25) is 0 Å². The molecular formula is C11H10ClFN4O2S. The number of hydrogen-bond donors (Lipinski definition) is 2. The zero-order valence-corrected chi connectivity index (χ0v) is 11.8. The molecule has 0 unspecified atom stereocenters. The second kappa shape index (κ2) is 5.22. The smallest absolute Gasteiger partial charge is 0.266 e. The van der Waals surface area contributed by atoms with Crippen LogP contribution >= 0.6 is 11.6 Å². The molecule has 6 nitrogen and oxygen atoms in total. The van der Waals surface area contributed by atoms with Crippen LogP contribution < -0.4 is 10.5 Å². The van der Waals surface area contributed by atoms with E-state index in [0.29, 0.717) is 5.56 Å². The second-order valence-electron chi connectivity index (χ2n) is 3.97. The van der Waals surface area contributed by atoms with Crippen molar-refractivity contribution in [1.29, 1.82) is 0 Å². The molecule has 2 rings (SSSR count). The summed E-state index contributed by atoms with van der Waals surface area (Å²) in [4.78, 5) is 6.73. The van der Waals surface area contributed by atoms with Gasteiger partial charge >= 0.3 is 0 Å². The normalized spacial score (nSPS) is 11.3. The van der Waals surface area contributed by atoms with Crippen molar-refractivity contribution in [3.63, 3.8) is 0 Å². The number of nitrogens with two attached hydrogens (primary N) is 1. The third kappa shape index (κ3) is 2.97. The lowest BCUT2D eigenvalue weighted by Gasteiger charge is -2.10. The molecule has 20 heavy (non-hydrogen) atoms. The molecule has 0 fully saturated rings. The Kier molecular flexibility index (Phi) is 3.78. The van der Waals surface area contributed by atoms with Gasteiger partial charge in [0.1, 0.15) is 28.0 Å². The number of rotatable bonds is 3. The Morgan fingerprint density at radius 1 is 1.30 bits per heavy atom. The fourth-order valence-electron chi connectivity index (χ4n) is 1.46. The van der Waals surface area contributed by atoms with Gasteiger partial charge in [-0.3, -0.25) is 4.72 Å². The SMILES string of the molecule is Cc1cc(F)c(S(=O)(=O)Nc2cc(Cl)ncn2)cc1N. The number of benzene rings is 1. The number of nitrogens with one attached hydrogen (secondary N) is 1. The van der Waals surface area contributed by atoms with E-state index in [2.05, 4.69) is 14.7 Å². The number of aromatic nitrogens is 2. The molecule has 0 aliphatic heterocycles. The van der Waals surface area contributed by atoms with E-state index < -0.39 is 20.7 Å².